The molecule has 0 spiro atoms. The summed E-state index contributed by atoms with van der Waals surface area (Å²) in [6.45, 7) is 4.28. The fraction of sp³-hybridized carbons (Fsp3) is 0.435. The van der Waals surface area contributed by atoms with E-state index in [9.17, 15) is 18.0 Å². The molecule has 31 heavy (non-hydrogen) atoms. The standard InChI is InChI=1S/C23H28F3N3O2/c24-23(25,26)18-31-15-10-22(30)27-21-8-6-20(7-9-21)17-29-13-11-28(12-14-29)16-19-4-2-1-3-5-19/h1-9H,10-18H2,(H,27,30). The van der Waals surface area contributed by atoms with Crippen molar-refractivity contribution >= 4 is 11.6 Å². The first kappa shape index (κ1) is 23.2. The third-order valence-electron chi connectivity index (χ3n) is 5.10. The molecule has 0 saturated carbocycles. The molecule has 2 aromatic rings. The summed E-state index contributed by atoms with van der Waals surface area (Å²) in [5.74, 6) is -0.371. The number of alkyl halides is 3. The molecule has 1 saturated heterocycles. The van der Waals surface area contributed by atoms with Crippen molar-refractivity contribution in [3.05, 3.63) is 65.7 Å². The number of rotatable bonds is 9. The molecule has 0 radical (unpaired) electrons. The molecule has 1 aliphatic rings. The molecule has 0 aliphatic carbocycles. The molecule has 0 atom stereocenters. The third-order valence-corrected chi connectivity index (χ3v) is 5.10. The average Bonchev–Trinajstić information content (AvgIpc) is 2.74. The molecule has 0 bridgehead atoms. The van der Waals surface area contributed by atoms with E-state index in [1.165, 1.54) is 5.56 Å². The van der Waals surface area contributed by atoms with Crippen molar-refractivity contribution in [1.29, 1.82) is 0 Å². The zero-order chi connectivity index (χ0) is 22.1. The highest BCUT2D eigenvalue weighted by Crippen LogP contribution is 2.16. The van der Waals surface area contributed by atoms with Gasteiger partial charge < -0.3 is 10.1 Å². The summed E-state index contributed by atoms with van der Waals surface area (Å²) in [7, 11) is 0. The number of amides is 1. The number of hydrogen-bond acceptors (Lipinski definition) is 4. The maximum Gasteiger partial charge on any atom is 0.411 e. The van der Waals surface area contributed by atoms with E-state index >= 15 is 0 Å². The molecule has 1 amide bonds. The van der Waals surface area contributed by atoms with Crippen molar-refractivity contribution < 1.29 is 22.7 Å². The first-order valence-corrected chi connectivity index (χ1v) is 10.4. The number of ether oxygens (including phenoxy) is 1. The van der Waals surface area contributed by atoms with Crippen LogP contribution in [0.25, 0.3) is 0 Å². The predicted octanol–water partition coefficient (Wildman–Crippen LogP) is 3.91. The number of halogens is 3. The maximum atomic E-state index is 12.0. The van der Waals surface area contributed by atoms with Crippen LogP contribution in [-0.4, -0.2) is 61.3 Å². The van der Waals surface area contributed by atoms with Crippen LogP contribution in [0, 0.1) is 0 Å². The van der Waals surface area contributed by atoms with Gasteiger partial charge in [-0.2, -0.15) is 13.2 Å². The van der Waals surface area contributed by atoms with Crippen molar-refractivity contribution in [2.24, 2.45) is 0 Å². The zero-order valence-electron chi connectivity index (χ0n) is 17.4. The zero-order valence-corrected chi connectivity index (χ0v) is 17.4. The number of carbonyl (C=O) groups excluding carboxylic acids is 1. The van der Waals surface area contributed by atoms with Crippen molar-refractivity contribution in [2.45, 2.75) is 25.7 Å². The van der Waals surface area contributed by atoms with E-state index in [0.29, 0.717) is 5.69 Å². The highest BCUT2D eigenvalue weighted by atomic mass is 19.4. The Bertz CT molecular complexity index is 805. The van der Waals surface area contributed by atoms with E-state index in [1.807, 2.05) is 30.3 Å². The molecule has 8 heteroatoms. The van der Waals surface area contributed by atoms with Crippen LogP contribution >= 0.6 is 0 Å². The summed E-state index contributed by atoms with van der Waals surface area (Å²) < 4.78 is 40.5. The van der Waals surface area contributed by atoms with E-state index in [-0.39, 0.29) is 18.9 Å². The smallest absolute Gasteiger partial charge is 0.372 e. The monoisotopic (exact) mass is 435 g/mol. The fourth-order valence-electron chi connectivity index (χ4n) is 3.48. The third kappa shape index (κ3) is 8.69. The van der Waals surface area contributed by atoms with Gasteiger partial charge in [0.2, 0.25) is 5.91 Å². The quantitative estimate of drug-likeness (QED) is 0.607. The molecular formula is C23H28F3N3O2. The van der Waals surface area contributed by atoms with Gasteiger partial charge in [0.1, 0.15) is 6.61 Å². The average molecular weight is 435 g/mol. The Morgan fingerprint density at radius 3 is 1.97 bits per heavy atom. The number of carbonyl (C=O) groups is 1. The van der Waals surface area contributed by atoms with Crippen molar-refractivity contribution in [3.63, 3.8) is 0 Å². The van der Waals surface area contributed by atoms with Crippen molar-refractivity contribution in [3.8, 4) is 0 Å². The van der Waals surface area contributed by atoms with Gasteiger partial charge in [-0.05, 0) is 23.3 Å². The summed E-state index contributed by atoms with van der Waals surface area (Å²) >= 11 is 0. The van der Waals surface area contributed by atoms with Gasteiger partial charge in [-0.25, -0.2) is 0 Å². The van der Waals surface area contributed by atoms with Gasteiger partial charge in [0.05, 0.1) is 13.0 Å². The lowest BCUT2D eigenvalue weighted by Crippen LogP contribution is -2.45. The molecule has 1 fully saturated rings. The van der Waals surface area contributed by atoms with E-state index < -0.39 is 12.8 Å². The second-order valence-corrected chi connectivity index (χ2v) is 7.70. The summed E-state index contributed by atoms with van der Waals surface area (Å²) in [6.07, 6.45) is -4.49. The van der Waals surface area contributed by atoms with E-state index in [1.54, 1.807) is 0 Å². The lowest BCUT2D eigenvalue weighted by atomic mass is 10.1. The summed E-state index contributed by atoms with van der Waals surface area (Å²) in [4.78, 5) is 16.7. The highest BCUT2D eigenvalue weighted by Gasteiger charge is 2.27. The second kappa shape index (κ2) is 11.3. The van der Waals surface area contributed by atoms with E-state index in [2.05, 4.69) is 44.1 Å². The minimum Gasteiger partial charge on any atom is -0.372 e. The number of hydrogen-bond donors (Lipinski definition) is 1. The van der Waals surface area contributed by atoms with Gasteiger partial charge >= 0.3 is 6.18 Å². The van der Waals surface area contributed by atoms with Crippen molar-refractivity contribution in [2.75, 3.05) is 44.7 Å². The molecule has 0 unspecified atom stereocenters. The van der Waals surface area contributed by atoms with E-state index in [0.717, 1.165) is 44.8 Å². The van der Waals surface area contributed by atoms with Gasteiger partial charge in [0, 0.05) is 45.0 Å². The molecule has 168 valence electrons. The lowest BCUT2D eigenvalue weighted by molar-refractivity contribution is -0.174. The minimum atomic E-state index is -4.37. The van der Waals surface area contributed by atoms with Gasteiger partial charge in [0.15, 0.2) is 0 Å². The minimum absolute atomic E-state index is 0.120. The Kier molecular flexibility index (Phi) is 8.45. The largest absolute Gasteiger partial charge is 0.411 e. The second-order valence-electron chi connectivity index (χ2n) is 7.70. The van der Waals surface area contributed by atoms with Gasteiger partial charge in [0.25, 0.3) is 0 Å². The number of anilines is 1. The molecule has 1 N–H and O–H groups in total. The Morgan fingerprint density at radius 1 is 0.871 bits per heavy atom. The van der Waals surface area contributed by atoms with Crippen LogP contribution in [0.2, 0.25) is 0 Å². The first-order valence-electron chi connectivity index (χ1n) is 10.4. The summed E-state index contributed by atoms with van der Waals surface area (Å²) in [5.41, 5.74) is 3.11. The van der Waals surface area contributed by atoms with Gasteiger partial charge in [-0.3, -0.25) is 14.6 Å². The summed E-state index contributed by atoms with van der Waals surface area (Å²) in [6, 6.07) is 18.0. The van der Waals surface area contributed by atoms with Gasteiger partial charge in [-0.15, -0.1) is 0 Å². The van der Waals surface area contributed by atoms with Crippen LogP contribution in [0.3, 0.4) is 0 Å². The van der Waals surface area contributed by atoms with Crippen LogP contribution in [0.1, 0.15) is 17.5 Å². The topological polar surface area (TPSA) is 44.8 Å². The molecule has 1 heterocycles. The van der Waals surface area contributed by atoms with Crippen LogP contribution in [0.5, 0.6) is 0 Å². The number of nitrogens with one attached hydrogen (secondary N) is 1. The van der Waals surface area contributed by atoms with Crippen molar-refractivity contribution in [1.82, 2.24) is 9.80 Å². The van der Waals surface area contributed by atoms with Crippen LogP contribution < -0.4 is 5.32 Å². The molecular weight excluding hydrogens is 407 g/mol. The number of piperazine rings is 1. The first-order chi connectivity index (χ1) is 14.9. The number of benzene rings is 2. The van der Waals surface area contributed by atoms with Crippen LogP contribution in [0.15, 0.2) is 54.6 Å². The normalized spacial score (nSPS) is 15.7. The summed E-state index contributed by atoms with van der Waals surface area (Å²) in [5, 5.41) is 2.68. The van der Waals surface area contributed by atoms with E-state index in [4.69, 9.17) is 0 Å². The predicted molar refractivity (Wildman–Crippen MR) is 114 cm³/mol. The molecule has 1 aliphatic heterocycles. The Hall–Kier alpha value is -2.42. The Labute approximate surface area is 180 Å². The lowest BCUT2D eigenvalue weighted by Gasteiger charge is -2.34. The molecule has 0 aromatic heterocycles. The molecule has 5 nitrogen and oxygen atoms in total. The number of nitrogens with zero attached hydrogens (tertiary/aromatic N) is 2. The molecule has 3 rings (SSSR count). The van der Waals surface area contributed by atoms with Crippen LogP contribution in [0.4, 0.5) is 18.9 Å². The van der Waals surface area contributed by atoms with Gasteiger partial charge in [-0.1, -0.05) is 42.5 Å². The Morgan fingerprint density at radius 2 is 1.42 bits per heavy atom. The highest BCUT2D eigenvalue weighted by molar-refractivity contribution is 5.90. The molecule has 2 aromatic carbocycles. The SMILES string of the molecule is O=C(CCOCC(F)(F)F)Nc1ccc(CN2CCN(Cc3ccccc3)CC2)cc1. The maximum absolute atomic E-state index is 12.0. The fourth-order valence-corrected chi connectivity index (χ4v) is 3.48. The Balaban J connectivity index is 1.35. The van der Waals surface area contributed by atoms with Crippen LogP contribution in [-0.2, 0) is 22.6 Å².